The lowest BCUT2D eigenvalue weighted by Gasteiger charge is -2.07. The molecule has 0 saturated carbocycles. The molecule has 0 bridgehead atoms. The molecule has 1 amide bonds. The zero-order chi connectivity index (χ0) is 13.5. The predicted octanol–water partition coefficient (Wildman–Crippen LogP) is 1.41. The Balaban J connectivity index is 2.66. The maximum Gasteiger partial charge on any atom is 0.269 e. The van der Waals surface area contributed by atoms with E-state index in [1.165, 1.54) is 18.2 Å². The second-order valence-electron chi connectivity index (χ2n) is 3.94. The Morgan fingerprint density at radius 3 is 2.72 bits per heavy atom. The molecule has 0 aliphatic carbocycles. The number of non-ortho nitro benzene ring substituents is 1. The van der Waals surface area contributed by atoms with E-state index in [0.29, 0.717) is 30.5 Å². The number of carbonyl (C=O) groups excluding carboxylic acids is 1. The van der Waals surface area contributed by atoms with E-state index in [4.69, 9.17) is 5.11 Å². The molecule has 0 saturated heterocycles. The van der Waals surface area contributed by atoms with Gasteiger partial charge in [0.1, 0.15) is 0 Å². The van der Waals surface area contributed by atoms with Crippen LogP contribution in [0.4, 0.5) is 5.69 Å². The Kier molecular flexibility index (Phi) is 5.26. The fraction of sp³-hybridized carbons (Fsp3) is 0.417. The van der Waals surface area contributed by atoms with Crippen LogP contribution in [0, 0.1) is 17.0 Å². The van der Waals surface area contributed by atoms with Crippen molar-refractivity contribution in [3.63, 3.8) is 0 Å². The number of nitrogens with zero attached hydrogens (tertiary/aromatic N) is 1. The van der Waals surface area contributed by atoms with Crippen LogP contribution in [0.3, 0.4) is 0 Å². The molecule has 0 fully saturated rings. The summed E-state index contributed by atoms with van der Waals surface area (Å²) < 4.78 is 0. The smallest absolute Gasteiger partial charge is 0.269 e. The van der Waals surface area contributed by atoms with Crippen LogP contribution in [0.2, 0.25) is 0 Å². The van der Waals surface area contributed by atoms with Gasteiger partial charge in [0.25, 0.3) is 11.6 Å². The van der Waals surface area contributed by atoms with Crippen molar-refractivity contribution in [1.82, 2.24) is 5.32 Å². The summed E-state index contributed by atoms with van der Waals surface area (Å²) in [6.45, 7) is 2.25. The molecule has 0 radical (unpaired) electrons. The van der Waals surface area contributed by atoms with Gasteiger partial charge in [0, 0.05) is 30.8 Å². The van der Waals surface area contributed by atoms with Gasteiger partial charge in [-0.3, -0.25) is 14.9 Å². The standard InChI is InChI=1S/C12H16N2O4/c1-9-8-10(14(17)18)4-5-11(9)12(16)13-6-2-3-7-15/h4-5,8,15H,2-3,6-7H2,1H3,(H,13,16). The highest BCUT2D eigenvalue weighted by Gasteiger charge is 2.12. The van der Waals surface area contributed by atoms with Gasteiger partial charge >= 0.3 is 0 Å². The van der Waals surface area contributed by atoms with Gasteiger partial charge in [0.2, 0.25) is 0 Å². The highest BCUT2D eigenvalue weighted by molar-refractivity contribution is 5.95. The topological polar surface area (TPSA) is 92.5 Å². The average molecular weight is 252 g/mol. The molecule has 1 rings (SSSR count). The van der Waals surface area contributed by atoms with Gasteiger partial charge < -0.3 is 10.4 Å². The number of rotatable bonds is 6. The molecular formula is C12H16N2O4. The molecule has 6 nitrogen and oxygen atoms in total. The summed E-state index contributed by atoms with van der Waals surface area (Å²) in [6.07, 6.45) is 1.34. The van der Waals surface area contributed by atoms with Crippen molar-refractivity contribution in [2.75, 3.05) is 13.2 Å². The quantitative estimate of drug-likeness (QED) is 0.454. The molecule has 0 aliphatic rings. The number of amides is 1. The molecular weight excluding hydrogens is 236 g/mol. The van der Waals surface area contributed by atoms with Gasteiger partial charge in [0.05, 0.1) is 4.92 Å². The van der Waals surface area contributed by atoms with E-state index in [-0.39, 0.29) is 18.2 Å². The number of hydrogen-bond acceptors (Lipinski definition) is 4. The number of carbonyl (C=O) groups is 1. The number of aryl methyl sites for hydroxylation is 1. The highest BCUT2D eigenvalue weighted by Crippen LogP contribution is 2.16. The largest absolute Gasteiger partial charge is 0.396 e. The van der Waals surface area contributed by atoms with Crippen molar-refractivity contribution in [2.45, 2.75) is 19.8 Å². The molecule has 1 aromatic carbocycles. The number of unbranched alkanes of at least 4 members (excludes halogenated alkanes) is 1. The summed E-state index contributed by atoms with van der Waals surface area (Å²) in [5, 5.41) is 21.9. The summed E-state index contributed by atoms with van der Waals surface area (Å²) >= 11 is 0. The third-order valence-electron chi connectivity index (χ3n) is 2.54. The molecule has 0 atom stereocenters. The minimum Gasteiger partial charge on any atom is -0.396 e. The lowest BCUT2D eigenvalue weighted by Crippen LogP contribution is -2.25. The predicted molar refractivity (Wildman–Crippen MR) is 66.5 cm³/mol. The van der Waals surface area contributed by atoms with Crippen molar-refractivity contribution in [2.24, 2.45) is 0 Å². The van der Waals surface area contributed by atoms with Gasteiger partial charge in [-0.15, -0.1) is 0 Å². The van der Waals surface area contributed by atoms with Gasteiger partial charge in [0.15, 0.2) is 0 Å². The van der Waals surface area contributed by atoms with E-state index >= 15 is 0 Å². The SMILES string of the molecule is Cc1cc([N+](=O)[O-])ccc1C(=O)NCCCCO. The van der Waals surface area contributed by atoms with E-state index in [9.17, 15) is 14.9 Å². The lowest BCUT2D eigenvalue weighted by atomic mass is 10.1. The van der Waals surface area contributed by atoms with Crippen LogP contribution < -0.4 is 5.32 Å². The molecule has 0 unspecified atom stereocenters. The number of hydrogen-bond donors (Lipinski definition) is 2. The minimum atomic E-state index is -0.490. The van der Waals surface area contributed by atoms with Gasteiger partial charge in [-0.05, 0) is 31.4 Å². The number of benzene rings is 1. The molecule has 2 N–H and O–H groups in total. The Hall–Kier alpha value is -1.95. The van der Waals surface area contributed by atoms with Crippen LogP contribution in [-0.2, 0) is 0 Å². The molecule has 98 valence electrons. The summed E-state index contributed by atoms with van der Waals surface area (Å²) in [7, 11) is 0. The first kappa shape index (κ1) is 14.1. The van der Waals surface area contributed by atoms with Crippen molar-refractivity contribution in [3.8, 4) is 0 Å². The van der Waals surface area contributed by atoms with E-state index in [1.807, 2.05) is 0 Å². The van der Waals surface area contributed by atoms with Crippen LogP contribution in [-0.4, -0.2) is 29.1 Å². The minimum absolute atomic E-state index is 0.0238. The first-order valence-electron chi connectivity index (χ1n) is 5.70. The summed E-state index contributed by atoms with van der Waals surface area (Å²) in [4.78, 5) is 21.8. The number of aliphatic hydroxyl groups excluding tert-OH is 1. The molecule has 0 spiro atoms. The van der Waals surface area contributed by atoms with Crippen LogP contribution in [0.25, 0.3) is 0 Å². The zero-order valence-corrected chi connectivity index (χ0v) is 10.2. The van der Waals surface area contributed by atoms with Crippen molar-refractivity contribution >= 4 is 11.6 Å². The monoisotopic (exact) mass is 252 g/mol. The van der Waals surface area contributed by atoms with Crippen LogP contribution >= 0.6 is 0 Å². The fourth-order valence-corrected chi connectivity index (χ4v) is 1.55. The molecule has 18 heavy (non-hydrogen) atoms. The number of nitrogens with one attached hydrogen (secondary N) is 1. The Labute approximate surface area is 105 Å². The number of aliphatic hydroxyl groups is 1. The van der Waals surface area contributed by atoms with Crippen molar-refractivity contribution in [1.29, 1.82) is 0 Å². The maximum atomic E-state index is 11.8. The van der Waals surface area contributed by atoms with Crippen molar-refractivity contribution < 1.29 is 14.8 Å². The highest BCUT2D eigenvalue weighted by atomic mass is 16.6. The van der Waals surface area contributed by atoms with Crippen LogP contribution in [0.5, 0.6) is 0 Å². The Morgan fingerprint density at radius 2 is 2.17 bits per heavy atom. The summed E-state index contributed by atoms with van der Waals surface area (Å²) in [5.41, 5.74) is 0.984. The second-order valence-corrected chi connectivity index (χ2v) is 3.94. The second kappa shape index (κ2) is 6.70. The fourth-order valence-electron chi connectivity index (χ4n) is 1.55. The van der Waals surface area contributed by atoms with Crippen LogP contribution in [0.15, 0.2) is 18.2 Å². The first-order chi connectivity index (χ1) is 8.56. The molecule has 6 heteroatoms. The Morgan fingerprint density at radius 1 is 1.44 bits per heavy atom. The van der Waals surface area contributed by atoms with E-state index in [2.05, 4.69) is 5.32 Å². The van der Waals surface area contributed by atoms with E-state index < -0.39 is 4.92 Å². The molecule has 0 aromatic heterocycles. The normalized spacial score (nSPS) is 10.1. The molecule has 1 aromatic rings. The van der Waals surface area contributed by atoms with Gasteiger partial charge in [-0.1, -0.05) is 0 Å². The Bertz CT molecular complexity index is 446. The van der Waals surface area contributed by atoms with Crippen LogP contribution in [0.1, 0.15) is 28.8 Å². The van der Waals surface area contributed by atoms with Crippen molar-refractivity contribution in [3.05, 3.63) is 39.4 Å². The van der Waals surface area contributed by atoms with E-state index in [0.717, 1.165) is 0 Å². The van der Waals surface area contributed by atoms with E-state index in [1.54, 1.807) is 6.92 Å². The summed E-state index contributed by atoms with van der Waals surface area (Å²) in [6, 6.07) is 4.15. The number of nitro groups is 1. The lowest BCUT2D eigenvalue weighted by molar-refractivity contribution is -0.384. The first-order valence-corrected chi connectivity index (χ1v) is 5.70. The maximum absolute atomic E-state index is 11.8. The van der Waals surface area contributed by atoms with Gasteiger partial charge in [-0.25, -0.2) is 0 Å². The third-order valence-corrected chi connectivity index (χ3v) is 2.54. The average Bonchev–Trinajstić information content (AvgIpc) is 2.34. The van der Waals surface area contributed by atoms with Gasteiger partial charge in [-0.2, -0.15) is 0 Å². The summed E-state index contributed by atoms with van der Waals surface area (Å²) in [5.74, 6) is -0.250. The number of nitro benzene ring substituents is 1. The third kappa shape index (κ3) is 3.81. The molecule has 0 heterocycles. The zero-order valence-electron chi connectivity index (χ0n) is 10.2. The molecule has 0 aliphatic heterocycles.